The molecule has 2 heterocycles. The molecule has 1 aliphatic rings. The number of para-hydroxylation sites is 1. The van der Waals surface area contributed by atoms with Gasteiger partial charge in [-0.25, -0.2) is 4.98 Å². The number of carbonyl (C=O) groups excluding carboxylic acids is 1. The third kappa shape index (κ3) is 1.84. The number of benzene rings is 2. The first-order valence-corrected chi connectivity index (χ1v) is 6.82. The molecular formula is C17H13N3O. The maximum absolute atomic E-state index is 12.4. The van der Waals surface area contributed by atoms with Crippen molar-refractivity contribution >= 4 is 5.91 Å². The first-order chi connectivity index (χ1) is 10.3. The van der Waals surface area contributed by atoms with E-state index in [-0.39, 0.29) is 11.9 Å². The zero-order valence-electron chi connectivity index (χ0n) is 11.2. The van der Waals surface area contributed by atoms with Gasteiger partial charge in [0.15, 0.2) is 0 Å². The van der Waals surface area contributed by atoms with Crippen molar-refractivity contribution in [2.75, 3.05) is 0 Å². The van der Waals surface area contributed by atoms with Crippen molar-refractivity contribution in [3.8, 4) is 5.69 Å². The van der Waals surface area contributed by atoms with E-state index in [0.717, 1.165) is 16.9 Å². The quantitative estimate of drug-likeness (QED) is 0.781. The van der Waals surface area contributed by atoms with Crippen molar-refractivity contribution in [3.63, 3.8) is 0 Å². The highest BCUT2D eigenvalue weighted by Crippen LogP contribution is 2.35. The molecule has 0 aliphatic carbocycles. The average Bonchev–Trinajstić information content (AvgIpc) is 3.11. The van der Waals surface area contributed by atoms with Gasteiger partial charge in [0.2, 0.25) is 0 Å². The molecule has 1 amide bonds. The van der Waals surface area contributed by atoms with Crippen molar-refractivity contribution in [1.82, 2.24) is 14.9 Å². The Hall–Kier alpha value is -2.88. The van der Waals surface area contributed by atoms with Gasteiger partial charge in [-0.1, -0.05) is 36.4 Å². The Labute approximate surface area is 122 Å². The molecule has 0 spiro atoms. The Morgan fingerprint density at radius 3 is 2.67 bits per heavy atom. The molecule has 0 saturated carbocycles. The highest BCUT2D eigenvalue weighted by molar-refractivity contribution is 5.94. The zero-order valence-corrected chi connectivity index (χ0v) is 11.2. The number of nitrogens with zero attached hydrogens (tertiary/aromatic N) is 2. The van der Waals surface area contributed by atoms with E-state index in [1.54, 1.807) is 12.5 Å². The fraction of sp³-hybridized carbons (Fsp3) is 0.0588. The normalized spacial score (nSPS) is 15.3. The number of fused-ring (bicyclic) bond motifs is 3. The summed E-state index contributed by atoms with van der Waals surface area (Å²) in [6.45, 7) is 0. The van der Waals surface area contributed by atoms with Gasteiger partial charge in [0.1, 0.15) is 0 Å². The van der Waals surface area contributed by atoms with E-state index in [9.17, 15) is 4.79 Å². The number of rotatable bonds is 2. The monoisotopic (exact) mass is 275 g/mol. The van der Waals surface area contributed by atoms with E-state index in [2.05, 4.69) is 10.3 Å². The molecule has 1 atom stereocenters. The second kappa shape index (κ2) is 4.59. The number of aromatic nitrogens is 2. The number of imidazole rings is 1. The average molecular weight is 275 g/mol. The van der Waals surface area contributed by atoms with Crippen molar-refractivity contribution in [1.29, 1.82) is 0 Å². The molecule has 4 rings (SSSR count). The summed E-state index contributed by atoms with van der Waals surface area (Å²) in [6.07, 6.45) is 3.58. The molecule has 2 aromatic carbocycles. The van der Waals surface area contributed by atoms with Crippen LogP contribution in [0.5, 0.6) is 0 Å². The summed E-state index contributed by atoms with van der Waals surface area (Å²) in [5, 5.41) is 3.09. The van der Waals surface area contributed by atoms with E-state index in [1.807, 2.05) is 59.2 Å². The molecule has 1 aromatic heterocycles. The first kappa shape index (κ1) is 11.9. The van der Waals surface area contributed by atoms with Gasteiger partial charge in [0, 0.05) is 11.1 Å². The van der Waals surface area contributed by atoms with Gasteiger partial charge in [-0.05, 0) is 18.2 Å². The lowest BCUT2D eigenvalue weighted by Gasteiger charge is -2.13. The zero-order chi connectivity index (χ0) is 14.2. The van der Waals surface area contributed by atoms with Crippen LogP contribution in [-0.4, -0.2) is 15.5 Å². The van der Waals surface area contributed by atoms with Crippen LogP contribution in [-0.2, 0) is 0 Å². The Bertz CT molecular complexity index is 808. The van der Waals surface area contributed by atoms with Crippen LogP contribution in [0.25, 0.3) is 5.69 Å². The maximum Gasteiger partial charge on any atom is 0.252 e. The van der Waals surface area contributed by atoms with Crippen molar-refractivity contribution in [3.05, 3.63) is 83.9 Å². The third-order valence-corrected chi connectivity index (χ3v) is 3.78. The topological polar surface area (TPSA) is 46.9 Å². The largest absolute Gasteiger partial charge is 0.339 e. The van der Waals surface area contributed by atoms with Gasteiger partial charge in [-0.2, -0.15) is 0 Å². The molecule has 0 saturated heterocycles. The van der Waals surface area contributed by atoms with Crippen LogP contribution in [0.2, 0.25) is 0 Å². The maximum atomic E-state index is 12.4. The van der Waals surface area contributed by atoms with Gasteiger partial charge < -0.3 is 9.88 Å². The smallest absolute Gasteiger partial charge is 0.252 e. The molecule has 4 heteroatoms. The molecule has 0 radical (unpaired) electrons. The van der Waals surface area contributed by atoms with Crippen LogP contribution >= 0.6 is 0 Å². The van der Waals surface area contributed by atoms with E-state index in [0.29, 0.717) is 5.56 Å². The number of hydrogen-bond donors (Lipinski definition) is 1. The molecule has 1 N–H and O–H groups in total. The molecule has 3 aromatic rings. The van der Waals surface area contributed by atoms with Gasteiger partial charge >= 0.3 is 0 Å². The summed E-state index contributed by atoms with van der Waals surface area (Å²) in [6, 6.07) is 17.1. The lowest BCUT2D eigenvalue weighted by atomic mass is 10.1. The van der Waals surface area contributed by atoms with Crippen LogP contribution in [0.4, 0.5) is 0 Å². The molecule has 0 bridgehead atoms. The standard InChI is InChI=1S/C17H13N3O/c21-17(12-6-2-1-3-7-12)19-16-13-8-4-5-9-14(13)20-11-18-10-15(16)20/h1-11,16H,(H,19,21). The van der Waals surface area contributed by atoms with Gasteiger partial charge in [0.05, 0.1) is 29.9 Å². The van der Waals surface area contributed by atoms with Gasteiger partial charge in [0.25, 0.3) is 5.91 Å². The minimum Gasteiger partial charge on any atom is -0.339 e. The van der Waals surface area contributed by atoms with E-state index in [1.165, 1.54) is 0 Å². The molecule has 4 nitrogen and oxygen atoms in total. The molecule has 102 valence electrons. The predicted molar refractivity (Wildman–Crippen MR) is 79.3 cm³/mol. The Morgan fingerprint density at radius 1 is 1.05 bits per heavy atom. The first-order valence-electron chi connectivity index (χ1n) is 6.82. The van der Waals surface area contributed by atoms with Crippen LogP contribution in [0.15, 0.2) is 67.1 Å². The van der Waals surface area contributed by atoms with E-state index >= 15 is 0 Å². The van der Waals surface area contributed by atoms with Crippen molar-refractivity contribution in [2.45, 2.75) is 6.04 Å². The molecule has 0 fully saturated rings. The second-order valence-corrected chi connectivity index (χ2v) is 5.02. The lowest BCUT2D eigenvalue weighted by molar-refractivity contribution is 0.0943. The number of amides is 1. The minimum absolute atomic E-state index is 0.0787. The SMILES string of the molecule is O=C(NC1c2ccccc2-n2cncc21)c1ccccc1. The summed E-state index contributed by atoms with van der Waals surface area (Å²) in [7, 11) is 0. The number of hydrogen-bond acceptors (Lipinski definition) is 2. The minimum atomic E-state index is -0.156. The van der Waals surface area contributed by atoms with Crippen LogP contribution < -0.4 is 5.32 Å². The van der Waals surface area contributed by atoms with Crippen LogP contribution in [0.3, 0.4) is 0 Å². The Kier molecular flexibility index (Phi) is 2.60. The van der Waals surface area contributed by atoms with E-state index in [4.69, 9.17) is 0 Å². The fourth-order valence-corrected chi connectivity index (χ4v) is 2.79. The highest BCUT2D eigenvalue weighted by atomic mass is 16.1. The molecule has 1 unspecified atom stereocenters. The van der Waals surface area contributed by atoms with Crippen LogP contribution in [0.1, 0.15) is 27.7 Å². The third-order valence-electron chi connectivity index (χ3n) is 3.78. The summed E-state index contributed by atoms with van der Waals surface area (Å²) < 4.78 is 2.02. The summed E-state index contributed by atoms with van der Waals surface area (Å²) >= 11 is 0. The van der Waals surface area contributed by atoms with Crippen molar-refractivity contribution < 1.29 is 4.79 Å². The second-order valence-electron chi connectivity index (χ2n) is 5.02. The fourth-order valence-electron chi connectivity index (χ4n) is 2.79. The van der Waals surface area contributed by atoms with E-state index < -0.39 is 0 Å². The van der Waals surface area contributed by atoms with Crippen LogP contribution in [0, 0.1) is 0 Å². The van der Waals surface area contributed by atoms with Crippen molar-refractivity contribution in [2.24, 2.45) is 0 Å². The lowest BCUT2D eigenvalue weighted by Crippen LogP contribution is -2.28. The molecule has 1 aliphatic heterocycles. The predicted octanol–water partition coefficient (Wildman–Crippen LogP) is 2.71. The summed E-state index contributed by atoms with van der Waals surface area (Å²) in [5.41, 5.74) is 3.82. The number of carbonyl (C=O) groups is 1. The molecular weight excluding hydrogens is 262 g/mol. The summed E-state index contributed by atoms with van der Waals surface area (Å²) in [4.78, 5) is 16.6. The Balaban J connectivity index is 1.72. The Morgan fingerprint density at radius 2 is 1.81 bits per heavy atom. The number of nitrogens with one attached hydrogen (secondary N) is 1. The summed E-state index contributed by atoms with van der Waals surface area (Å²) in [5.74, 6) is -0.0787. The van der Waals surface area contributed by atoms with Gasteiger partial charge in [-0.3, -0.25) is 4.79 Å². The molecule has 21 heavy (non-hydrogen) atoms. The van der Waals surface area contributed by atoms with Gasteiger partial charge in [-0.15, -0.1) is 0 Å². The highest BCUT2D eigenvalue weighted by Gasteiger charge is 2.30.